The molecule has 0 aliphatic carbocycles. The van der Waals surface area contributed by atoms with Gasteiger partial charge in [-0.25, -0.2) is 0 Å². The monoisotopic (exact) mass is 296 g/mol. The van der Waals surface area contributed by atoms with Crippen LogP contribution in [0.4, 0.5) is 0 Å². The second-order valence-electron chi connectivity index (χ2n) is 4.55. The van der Waals surface area contributed by atoms with Crippen LogP contribution in [-0.4, -0.2) is 46.9 Å². The van der Waals surface area contributed by atoms with Gasteiger partial charge < -0.3 is 24.8 Å². The van der Waals surface area contributed by atoms with Gasteiger partial charge in [-0.05, 0) is 20.0 Å². The SMILES string of the molecule is CNC(C)c1ccc(OC)cc1OCC(=O)NCCOC. The van der Waals surface area contributed by atoms with Crippen molar-refractivity contribution in [3.63, 3.8) is 0 Å². The first-order chi connectivity index (χ1) is 10.1. The molecule has 1 rings (SSSR count). The number of benzene rings is 1. The molecule has 1 unspecified atom stereocenters. The Hall–Kier alpha value is -1.79. The standard InChI is InChI=1S/C15H24N2O4/c1-11(16-2)13-6-5-12(20-4)9-14(13)21-10-15(18)17-7-8-19-3/h5-6,9,11,16H,7-8,10H2,1-4H3,(H,17,18). The summed E-state index contributed by atoms with van der Waals surface area (Å²) in [6.07, 6.45) is 0. The van der Waals surface area contributed by atoms with Crippen molar-refractivity contribution in [3.8, 4) is 11.5 Å². The largest absolute Gasteiger partial charge is 0.497 e. The van der Waals surface area contributed by atoms with Crippen molar-refractivity contribution in [2.75, 3.05) is 41.0 Å². The molecular weight excluding hydrogens is 272 g/mol. The highest BCUT2D eigenvalue weighted by Gasteiger charge is 2.13. The number of carbonyl (C=O) groups excluding carboxylic acids is 1. The summed E-state index contributed by atoms with van der Waals surface area (Å²) in [5.74, 6) is 1.15. The molecule has 1 amide bonds. The minimum atomic E-state index is -0.182. The van der Waals surface area contributed by atoms with E-state index in [9.17, 15) is 4.79 Å². The second-order valence-corrected chi connectivity index (χ2v) is 4.55. The lowest BCUT2D eigenvalue weighted by atomic mass is 10.1. The van der Waals surface area contributed by atoms with E-state index in [1.54, 1.807) is 20.3 Å². The summed E-state index contributed by atoms with van der Waals surface area (Å²) in [6, 6.07) is 5.70. The van der Waals surface area contributed by atoms with E-state index in [1.807, 2.05) is 26.1 Å². The predicted octanol–water partition coefficient (Wildman–Crippen LogP) is 1.12. The molecule has 0 heterocycles. The molecule has 21 heavy (non-hydrogen) atoms. The van der Waals surface area contributed by atoms with Crippen molar-refractivity contribution in [1.29, 1.82) is 0 Å². The molecule has 6 heteroatoms. The zero-order chi connectivity index (χ0) is 15.7. The van der Waals surface area contributed by atoms with E-state index in [0.29, 0.717) is 24.7 Å². The van der Waals surface area contributed by atoms with Gasteiger partial charge in [0.05, 0.1) is 13.7 Å². The lowest BCUT2D eigenvalue weighted by molar-refractivity contribution is -0.123. The van der Waals surface area contributed by atoms with Crippen molar-refractivity contribution in [2.45, 2.75) is 13.0 Å². The minimum absolute atomic E-state index is 0.0414. The number of ether oxygens (including phenoxy) is 3. The number of nitrogens with one attached hydrogen (secondary N) is 2. The number of rotatable bonds is 9. The fraction of sp³-hybridized carbons (Fsp3) is 0.533. The molecule has 118 valence electrons. The van der Waals surface area contributed by atoms with Crippen LogP contribution in [0.1, 0.15) is 18.5 Å². The van der Waals surface area contributed by atoms with Crippen LogP contribution in [0, 0.1) is 0 Å². The van der Waals surface area contributed by atoms with Gasteiger partial charge in [0.15, 0.2) is 6.61 Å². The minimum Gasteiger partial charge on any atom is -0.497 e. The molecule has 0 saturated carbocycles. The number of hydrogen-bond donors (Lipinski definition) is 2. The summed E-state index contributed by atoms with van der Waals surface area (Å²) in [4.78, 5) is 11.7. The van der Waals surface area contributed by atoms with Crippen molar-refractivity contribution in [2.24, 2.45) is 0 Å². The van der Waals surface area contributed by atoms with Crippen LogP contribution in [0.15, 0.2) is 18.2 Å². The predicted molar refractivity (Wildman–Crippen MR) is 80.8 cm³/mol. The summed E-state index contributed by atoms with van der Waals surface area (Å²) in [5.41, 5.74) is 0.975. The van der Waals surface area contributed by atoms with E-state index in [1.165, 1.54) is 0 Å². The Morgan fingerprint density at radius 2 is 2.10 bits per heavy atom. The van der Waals surface area contributed by atoms with E-state index in [2.05, 4.69) is 10.6 Å². The lowest BCUT2D eigenvalue weighted by Gasteiger charge is -2.17. The molecule has 0 aliphatic heterocycles. The van der Waals surface area contributed by atoms with Crippen molar-refractivity contribution in [1.82, 2.24) is 10.6 Å². The first kappa shape index (κ1) is 17.3. The molecular formula is C15H24N2O4. The first-order valence-corrected chi connectivity index (χ1v) is 6.86. The fourth-order valence-electron chi connectivity index (χ4n) is 1.77. The highest BCUT2D eigenvalue weighted by molar-refractivity contribution is 5.77. The fourth-order valence-corrected chi connectivity index (χ4v) is 1.77. The molecule has 6 nitrogen and oxygen atoms in total. The van der Waals surface area contributed by atoms with Gasteiger partial charge in [-0.1, -0.05) is 6.07 Å². The summed E-state index contributed by atoms with van der Waals surface area (Å²) in [7, 11) is 5.05. The molecule has 0 bridgehead atoms. The van der Waals surface area contributed by atoms with Gasteiger partial charge in [0, 0.05) is 31.3 Å². The Balaban J connectivity index is 2.69. The molecule has 0 spiro atoms. The van der Waals surface area contributed by atoms with Gasteiger partial charge in [0.25, 0.3) is 5.91 Å². The zero-order valence-corrected chi connectivity index (χ0v) is 13.1. The molecule has 0 radical (unpaired) electrons. The van der Waals surface area contributed by atoms with Crippen LogP contribution in [0.25, 0.3) is 0 Å². The average molecular weight is 296 g/mol. The van der Waals surface area contributed by atoms with Crippen LogP contribution in [0.5, 0.6) is 11.5 Å². The third-order valence-electron chi connectivity index (χ3n) is 3.11. The van der Waals surface area contributed by atoms with Crippen molar-refractivity contribution in [3.05, 3.63) is 23.8 Å². The summed E-state index contributed by atoms with van der Waals surface area (Å²) < 4.78 is 15.7. The number of methoxy groups -OCH3 is 2. The van der Waals surface area contributed by atoms with Gasteiger partial charge >= 0.3 is 0 Å². The Bertz CT molecular complexity index is 451. The van der Waals surface area contributed by atoms with Gasteiger partial charge in [-0.2, -0.15) is 0 Å². The lowest BCUT2D eigenvalue weighted by Crippen LogP contribution is -2.31. The third kappa shape index (κ3) is 5.61. The number of amides is 1. The first-order valence-electron chi connectivity index (χ1n) is 6.86. The molecule has 2 N–H and O–H groups in total. The molecule has 0 saturated heterocycles. The van der Waals surface area contributed by atoms with E-state index >= 15 is 0 Å². The molecule has 0 fully saturated rings. The zero-order valence-electron chi connectivity index (χ0n) is 13.1. The van der Waals surface area contributed by atoms with E-state index in [-0.39, 0.29) is 18.6 Å². The highest BCUT2D eigenvalue weighted by Crippen LogP contribution is 2.29. The van der Waals surface area contributed by atoms with Gasteiger partial charge in [0.1, 0.15) is 11.5 Å². The van der Waals surface area contributed by atoms with Crippen LogP contribution >= 0.6 is 0 Å². The van der Waals surface area contributed by atoms with Crippen LogP contribution in [0.2, 0.25) is 0 Å². The number of carbonyl (C=O) groups is 1. The molecule has 1 aromatic carbocycles. The van der Waals surface area contributed by atoms with Gasteiger partial charge in [-0.15, -0.1) is 0 Å². The summed E-state index contributed by atoms with van der Waals surface area (Å²) >= 11 is 0. The highest BCUT2D eigenvalue weighted by atomic mass is 16.5. The summed E-state index contributed by atoms with van der Waals surface area (Å²) in [5, 5.41) is 5.86. The third-order valence-corrected chi connectivity index (χ3v) is 3.11. The maximum atomic E-state index is 11.7. The van der Waals surface area contributed by atoms with E-state index in [4.69, 9.17) is 14.2 Å². The number of hydrogen-bond acceptors (Lipinski definition) is 5. The Morgan fingerprint density at radius 1 is 1.33 bits per heavy atom. The van der Waals surface area contributed by atoms with Crippen LogP contribution in [-0.2, 0) is 9.53 Å². The Labute approximate surface area is 125 Å². The van der Waals surface area contributed by atoms with Crippen molar-refractivity contribution < 1.29 is 19.0 Å². The Kier molecular flexibility index (Phi) is 7.56. The maximum Gasteiger partial charge on any atom is 0.258 e. The normalized spacial score (nSPS) is 11.8. The van der Waals surface area contributed by atoms with E-state index in [0.717, 1.165) is 5.56 Å². The van der Waals surface area contributed by atoms with Crippen LogP contribution < -0.4 is 20.1 Å². The summed E-state index contributed by atoms with van der Waals surface area (Å²) in [6.45, 7) is 2.93. The maximum absolute atomic E-state index is 11.7. The average Bonchev–Trinajstić information content (AvgIpc) is 2.52. The van der Waals surface area contributed by atoms with Crippen molar-refractivity contribution >= 4 is 5.91 Å². The smallest absolute Gasteiger partial charge is 0.258 e. The van der Waals surface area contributed by atoms with Gasteiger partial charge in [0.2, 0.25) is 0 Å². The van der Waals surface area contributed by atoms with E-state index < -0.39 is 0 Å². The Morgan fingerprint density at radius 3 is 2.71 bits per heavy atom. The molecule has 1 aromatic rings. The quantitative estimate of drug-likeness (QED) is 0.668. The molecule has 0 aromatic heterocycles. The van der Waals surface area contributed by atoms with Crippen LogP contribution in [0.3, 0.4) is 0 Å². The van der Waals surface area contributed by atoms with Gasteiger partial charge in [-0.3, -0.25) is 4.79 Å². The second kappa shape index (κ2) is 9.20. The molecule has 0 aliphatic rings. The molecule has 1 atom stereocenters. The topological polar surface area (TPSA) is 68.8 Å².